The molecule has 0 aliphatic carbocycles. The van der Waals surface area contributed by atoms with Crippen LogP contribution < -0.4 is 10.0 Å². The van der Waals surface area contributed by atoms with Gasteiger partial charge in [0.1, 0.15) is 0 Å². The van der Waals surface area contributed by atoms with Crippen molar-refractivity contribution in [3.63, 3.8) is 0 Å². The SMILES string of the molecule is Cc1noc(NS(=O)(=O)c2ccc(NC(=O)c3cccc(Br)c3)cc2)c1C. The zero-order valence-electron chi connectivity index (χ0n) is 14.5. The molecule has 0 spiro atoms. The molecule has 0 aliphatic heterocycles. The molecule has 0 unspecified atom stereocenters. The molecule has 0 radical (unpaired) electrons. The van der Waals surface area contributed by atoms with Crippen molar-refractivity contribution in [1.82, 2.24) is 5.16 Å². The van der Waals surface area contributed by atoms with Gasteiger partial charge >= 0.3 is 0 Å². The second-order valence-electron chi connectivity index (χ2n) is 5.82. The number of anilines is 2. The van der Waals surface area contributed by atoms with Crippen LogP contribution in [0.2, 0.25) is 0 Å². The highest BCUT2D eigenvalue weighted by atomic mass is 79.9. The van der Waals surface area contributed by atoms with Gasteiger partial charge in [-0.05, 0) is 56.3 Å². The second kappa shape index (κ2) is 7.53. The molecule has 3 aromatic rings. The molecule has 2 aromatic carbocycles. The Bertz CT molecular complexity index is 1090. The number of hydrogen-bond acceptors (Lipinski definition) is 5. The molecule has 27 heavy (non-hydrogen) atoms. The first-order valence-corrected chi connectivity index (χ1v) is 10.2. The zero-order chi connectivity index (χ0) is 19.6. The minimum atomic E-state index is -3.83. The summed E-state index contributed by atoms with van der Waals surface area (Å²) < 4.78 is 33.1. The van der Waals surface area contributed by atoms with Crippen molar-refractivity contribution < 1.29 is 17.7 Å². The van der Waals surface area contributed by atoms with E-state index in [1.165, 1.54) is 24.3 Å². The molecule has 0 saturated carbocycles. The summed E-state index contributed by atoms with van der Waals surface area (Å²) in [6.07, 6.45) is 0. The average Bonchev–Trinajstić information content (AvgIpc) is 2.94. The van der Waals surface area contributed by atoms with Crippen LogP contribution in [-0.2, 0) is 10.0 Å². The molecule has 1 heterocycles. The van der Waals surface area contributed by atoms with Gasteiger partial charge in [-0.3, -0.25) is 4.79 Å². The maximum atomic E-state index is 12.5. The maximum Gasteiger partial charge on any atom is 0.264 e. The van der Waals surface area contributed by atoms with Crippen LogP contribution in [0.15, 0.2) is 62.4 Å². The Balaban J connectivity index is 1.74. The predicted octanol–water partition coefficient (Wildman–Crippen LogP) is 4.11. The van der Waals surface area contributed by atoms with Gasteiger partial charge in [0.25, 0.3) is 15.9 Å². The van der Waals surface area contributed by atoms with E-state index in [-0.39, 0.29) is 16.7 Å². The van der Waals surface area contributed by atoms with Crippen molar-refractivity contribution in [2.45, 2.75) is 18.7 Å². The first-order chi connectivity index (χ1) is 12.8. The summed E-state index contributed by atoms with van der Waals surface area (Å²) >= 11 is 3.32. The van der Waals surface area contributed by atoms with E-state index >= 15 is 0 Å². The molecule has 1 amide bonds. The van der Waals surface area contributed by atoms with Crippen LogP contribution >= 0.6 is 15.9 Å². The monoisotopic (exact) mass is 449 g/mol. The molecule has 140 valence electrons. The third kappa shape index (κ3) is 4.37. The molecule has 0 saturated heterocycles. The van der Waals surface area contributed by atoms with Crippen LogP contribution in [0.3, 0.4) is 0 Å². The number of benzene rings is 2. The third-order valence-corrected chi connectivity index (χ3v) is 5.73. The maximum absolute atomic E-state index is 12.5. The number of nitrogens with one attached hydrogen (secondary N) is 2. The van der Waals surface area contributed by atoms with E-state index in [0.29, 0.717) is 22.5 Å². The zero-order valence-corrected chi connectivity index (χ0v) is 16.9. The van der Waals surface area contributed by atoms with Crippen LogP contribution in [0.25, 0.3) is 0 Å². The molecule has 2 N–H and O–H groups in total. The van der Waals surface area contributed by atoms with E-state index in [1.807, 2.05) is 6.07 Å². The number of halogens is 1. The molecule has 1 aromatic heterocycles. The van der Waals surface area contributed by atoms with Gasteiger partial charge < -0.3 is 9.84 Å². The van der Waals surface area contributed by atoms with E-state index in [1.54, 1.807) is 32.0 Å². The minimum Gasteiger partial charge on any atom is -0.337 e. The lowest BCUT2D eigenvalue weighted by molar-refractivity contribution is 0.102. The van der Waals surface area contributed by atoms with E-state index in [2.05, 4.69) is 31.1 Å². The Kier molecular flexibility index (Phi) is 5.33. The number of aryl methyl sites for hydroxylation is 1. The topological polar surface area (TPSA) is 101 Å². The normalized spacial score (nSPS) is 11.2. The third-order valence-electron chi connectivity index (χ3n) is 3.89. The van der Waals surface area contributed by atoms with Gasteiger partial charge in [-0.1, -0.05) is 27.2 Å². The molecule has 0 atom stereocenters. The number of amides is 1. The average molecular weight is 450 g/mol. The summed E-state index contributed by atoms with van der Waals surface area (Å²) in [5.74, 6) is -0.211. The second-order valence-corrected chi connectivity index (χ2v) is 8.41. The van der Waals surface area contributed by atoms with E-state index in [4.69, 9.17) is 4.52 Å². The molecule has 3 rings (SSSR count). The fraction of sp³-hybridized carbons (Fsp3) is 0.111. The molecule has 7 nitrogen and oxygen atoms in total. The lowest BCUT2D eigenvalue weighted by Crippen LogP contribution is -2.14. The Hall–Kier alpha value is -2.65. The Labute approximate surface area is 164 Å². The molecule has 0 fully saturated rings. The summed E-state index contributed by atoms with van der Waals surface area (Å²) in [5, 5.41) is 6.45. The standard InChI is InChI=1S/C18H16BrN3O4S/c1-11-12(2)21-26-18(11)22-27(24,25)16-8-6-15(7-9-16)20-17(23)13-4-3-5-14(19)10-13/h3-10,22H,1-2H3,(H,20,23). The minimum absolute atomic E-state index is 0.0383. The van der Waals surface area contributed by atoms with Crippen molar-refractivity contribution in [3.05, 3.63) is 69.8 Å². The fourth-order valence-corrected chi connectivity index (χ4v) is 3.69. The summed E-state index contributed by atoms with van der Waals surface area (Å²) in [4.78, 5) is 12.3. The lowest BCUT2D eigenvalue weighted by Gasteiger charge is -2.08. The number of carbonyl (C=O) groups is 1. The van der Waals surface area contributed by atoms with Crippen LogP contribution in [0.1, 0.15) is 21.6 Å². The molecular weight excluding hydrogens is 434 g/mol. The number of hydrogen-bond donors (Lipinski definition) is 2. The first kappa shape index (κ1) is 19.1. The van der Waals surface area contributed by atoms with Gasteiger partial charge in [-0.2, -0.15) is 0 Å². The van der Waals surface area contributed by atoms with Crippen LogP contribution in [0.4, 0.5) is 11.6 Å². The highest BCUT2D eigenvalue weighted by molar-refractivity contribution is 9.10. The van der Waals surface area contributed by atoms with E-state index in [9.17, 15) is 13.2 Å². The molecular formula is C18H16BrN3O4S. The number of aromatic nitrogens is 1. The summed E-state index contributed by atoms with van der Waals surface area (Å²) in [5.41, 5.74) is 2.19. The van der Waals surface area contributed by atoms with E-state index < -0.39 is 10.0 Å². The fourth-order valence-electron chi connectivity index (χ4n) is 2.24. The first-order valence-electron chi connectivity index (χ1n) is 7.89. The van der Waals surface area contributed by atoms with Gasteiger partial charge in [0, 0.05) is 21.3 Å². The van der Waals surface area contributed by atoms with Crippen LogP contribution in [0.5, 0.6) is 0 Å². The quantitative estimate of drug-likeness (QED) is 0.610. The largest absolute Gasteiger partial charge is 0.337 e. The van der Waals surface area contributed by atoms with Crippen LogP contribution in [0, 0.1) is 13.8 Å². The van der Waals surface area contributed by atoms with E-state index in [0.717, 1.165) is 4.47 Å². The number of rotatable bonds is 5. The predicted molar refractivity (Wildman–Crippen MR) is 105 cm³/mol. The Morgan fingerprint density at radius 1 is 1.11 bits per heavy atom. The number of carbonyl (C=O) groups excluding carboxylic acids is 1. The highest BCUT2D eigenvalue weighted by Gasteiger charge is 2.19. The van der Waals surface area contributed by atoms with Crippen molar-refractivity contribution in [1.29, 1.82) is 0 Å². The summed E-state index contributed by atoms with van der Waals surface area (Å²) in [6, 6.07) is 12.8. The highest BCUT2D eigenvalue weighted by Crippen LogP contribution is 2.23. The van der Waals surface area contributed by atoms with Gasteiger partial charge in [0.15, 0.2) is 0 Å². The Morgan fingerprint density at radius 3 is 2.41 bits per heavy atom. The lowest BCUT2D eigenvalue weighted by atomic mass is 10.2. The van der Waals surface area contributed by atoms with Crippen molar-refractivity contribution in [3.8, 4) is 0 Å². The van der Waals surface area contributed by atoms with Gasteiger partial charge in [-0.25, -0.2) is 13.1 Å². The van der Waals surface area contributed by atoms with Gasteiger partial charge in [0.05, 0.1) is 10.6 Å². The molecule has 0 bridgehead atoms. The van der Waals surface area contributed by atoms with Crippen molar-refractivity contribution in [2.24, 2.45) is 0 Å². The van der Waals surface area contributed by atoms with Crippen molar-refractivity contribution in [2.75, 3.05) is 10.0 Å². The number of sulfonamides is 1. The molecule has 9 heteroatoms. The summed E-state index contributed by atoms with van der Waals surface area (Å²) in [6.45, 7) is 3.43. The smallest absolute Gasteiger partial charge is 0.264 e. The summed E-state index contributed by atoms with van der Waals surface area (Å²) in [7, 11) is -3.83. The Morgan fingerprint density at radius 2 is 1.81 bits per heavy atom. The van der Waals surface area contributed by atoms with Crippen LogP contribution in [-0.4, -0.2) is 19.5 Å². The number of nitrogens with zero attached hydrogens (tertiary/aromatic N) is 1. The molecule has 0 aliphatic rings. The van der Waals surface area contributed by atoms with Crippen molar-refractivity contribution >= 4 is 43.4 Å². The van der Waals surface area contributed by atoms with Gasteiger partial charge in [0.2, 0.25) is 5.88 Å². The van der Waals surface area contributed by atoms with Gasteiger partial charge in [-0.15, -0.1) is 0 Å².